The van der Waals surface area contributed by atoms with Crippen LogP contribution in [0.5, 0.6) is 0 Å². The van der Waals surface area contributed by atoms with Crippen molar-refractivity contribution in [1.82, 2.24) is 14.8 Å². The molecular formula is C34H35ClFN3O3S. The Labute approximate surface area is 260 Å². The predicted octanol–water partition coefficient (Wildman–Crippen LogP) is 6.76. The largest absolute Gasteiger partial charge is 0.396 e. The van der Waals surface area contributed by atoms with E-state index in [1.54, 1.807) is 11.0 Å². The third-order valence-corrected chi connectivity index (χ3v) is 10.5. The van der Waals surface area contributed by atoms with Crippen LogP contribution < -0.4 is 0 Å². The Balaban J connectivity index is 1.50. The van der Waals surface area contributed by atoms with Crippen molar-refractivity contribution in [3.63, 3.8) is 0 Å². The molecule has 224 valence electrons. The first-order valence-electron chi connectivity index (χ1n) is 14.8. The van der Waals surface area contributed by atoms with Gasteiger partial charge in [0.25, 0.3) is 0 Å². The number of piperidine rings is 1. The third-order valence-electron chi connectivity index (χ3n) is 8.87. The third kappa shape index (κ3) is 5.68. The molecule has 3 heterocycles. The number of halogens is 2. The molecule has 0 spiro atoms. The van der Waals surface area contributed by atoms with Crippen molar-refractivity contribution in [2.24, 2.45) is 5.92 Å². The summed E-state index contributed by atoms with van der Waals surface area (Å²) in [5.74, 6) is -0.374. The molecule has 2 N–H and O–H groups in total. The Kier molecular flexibility index (Phi) is 8.54. The van der Waals surface area contributed by atoms with Gasteiger partial charge < -0.3 is 19.9 Å². The summed E-state index contributed by atoms with van der Waals surface area (Å²) in [6.07, 6.45) is 3.89. The van der Waals surface area contributed by atoms with E-state index >= 15 is 0 Å². The Morgan fingerprint density at radius 3 is 2.58 bits per heavy atom. The number of aromatic nitrogens is 1. The van der Waals surface area contributed by atoms with Crippen LogP contribution in [0.1, 0.15) is 48.9 Å². The summed E-state index contributed by atoms with van der Waals surface area (Å²) in [6.45, 7) is 3.23. The average molecular weight is 620 g/mol. The standard InChI is InChI=1S/C34H35ClFN3O3S/c1-2-24-9-8-23(16-29(24)36)20-39-31(41)18-34(43-26-6-4-3-5-7-26,33(42)38-14-12-22(21-40)13-15-38)32(39)28-19-37-30-17-25(35)10-11-27(28)30/h3-11,16-17,19,22,32,37,40H,2,12-15,18,20-21H2,1H3. The first-order valence-corrected chi connectivity index (χ1v) is 16.0. The lowest BCUT2D eigenvalue weighted by atomic mass is 9.89. The van der Waals surface area contributed by atoms with E-state index in [1.807, 2.05) is 72.6 Å². The number of carbonyl (C=O) groups excluding carboxylic acids is 2. The second-order valence-corrected chi connectivity index (χ2v) is 13.4. The van der Waals surface area contributed by atoms with Crippen LogP contribution in [0.2, 0.25) is 5.02 Å². The number of nitrogens with one attached hydrogen (secondary N) is 1. The van der Waals surface area contributed by atoms with Crippen LogP contribution >= 0.6 is 23.4 Å². The van der Waals surface area contributed by atoms with Crippen molar-refractivity contribution in [3.8, 4) is 0 Å². The molecule has 1 aromatic heterocycles. The molecule has 2 amide bonds. The molecule has 6 rings (SSSR count). The van der Waals surface area contributed by atoms with E-state index in [2.05, 4.69) is 4.98 Å². The van der Waals surface area contributed by atoms with E-state index in [4.69, 9.17) is 11.6 Å². The number of likely N-dealkylation sites (tertiary alicyclic amines) is 2. The first kappa shape index (κ1) is 29.7. The second kappa shape index (κ2) is 12.3. The van der Waals surface area contributed by atoms with Gasteiger partial charge in [0.05, 0.1) is 12.5 Å². The second-order valence-electron chi connectivity index (χ2n) is 11.5. The van der Waals surface area contributed by atoms with E-state index in [0.29, 0.717) is 48.5 Å². The Hall–Kier alpha value is -3.33. The fourth-order valence-electron chi connectivity index (χ4n) is 6.55. The molecule has 0 saturated carbocycles. The maximum Gasteiger partial charge on any atom is 0.242 e. The minimum atomic E-state index is -1.18. The van der Waals surface area contributed by atoms with Gasteiger partial charge in [0.1, 0.15) is 10.6 Å². The monoisotopic (exact) mass is 619 g/mol. The number of nitrogens with zero attached hydrogens (tertiary/aromatic N) is 2. The fourth-order valence-corrected chi connectivity index (χ4v) is 8.21. The zero-order valence-corrected chi connectivity index (χ0v) is 25.6. The van der Waals surface area contributed by atoms with E-state index in [1.165, 1.54) is 17.8 Å². The molecule has 0 aliphatic carbocycles. The summed E-state index contributed by atoms with van der Waals surface area (Å²) in [5, 5.41) is 11.2. The van der Waals surface area contributed by atoms with E-state index < -0.39 is 10.8 Å². The lowest BCUT2D eigenvalue weighted by Crippen LogP contribution is -2.52. The maximum atomic E-state index is 14.9. The summed E-state index contributed by atoms with van der Waals surface area (Å²) in [7, 11) is 0. The van der Waals surface area contributed by atoms with Crippen LogP contribution in [0.25, 0.3) is 10.9 Å². The van der Waals surface area contributed by atoms with Gasteiger partial charge in [-0.15, -0.1) is 11.8 Å². The molecule has 2 fully saturated rings. The summed E-state index contributed by atoms with van der Waals surface area (Å²) < 4.78 is 13.7. The number of thioether (sulfide) groups is 1. The Morgan fingerprint density at radius 2 is 1.88 bits per heavy atom. The number of aryl methyl sites for hydroxylation is 1. The van der Waals surface area contributed by atoms with E-state index in [9.17, 15) is 19.1 Å². The average Bonchev–Trinajstić information content (AvgIpc) is 3.54. The molecule has 3 aromatic carbocycles. The van der Waals surface area contributed by atoms with Crippen molar-refractivity contribution in [1.29, 1.82) is 0 Å². The van der Waals surface area contributed by atoms with Crippen molar-refractivity contribution >= 4 is 46.1 Å². The van der Waals surface area contributed by atoms with Gasteiger partial charge in [-0.3, -0.25) is 9.59 Å². The van der Waals surface area contributed by atoms with Gasteiger partial charge in [-0.05, 0) is 66.6 Å². The zero-order chi connectivity index (χ0) is 30.1. The van der Waals surface area contributed by atoms with Crippen LogP contribution in [0.3, 0.4) is 0 Å². The van der Waals surface area contributed by atoms with Crippen LogP contribution in [-0.2, 0) is 22.6 Å². The molecule has 9 heteroatoms. The first-order chi connectivity index (χ1) is 20.8. The van der Waals surface area contributed by atoms with Gasteiger partial charge in [-0.1, -0.05) is 54.9 Å². The number of aliphatic hydroxyl groups excluding tert-OH is 1. The highest BCUT2D eigenvalue weighted by Gasteiger charge is 2.59. The van der Waals surface area contributed by atoms with Gasteiger partial charge in [0.2, 0.25) is 11.8 Å². The lowest BCUT2D eigenvalue weighted by Gasteiger charge is -2.41. The number of hydrogen-bond donors (Lipinski definition) is 2. The van der Waals surface area contributed by atoms with E-state index in [-0.39, 0.29) is 43.1 Å². The molecule has 2 unspecified atom stereocenters. The highest BCUT2D eigenvalue weighted by atomic mass is 35.5. The SMILES string of the molecule is CCc1ccc(CN2C(=O)CC(Sc3ccccc3)(C(=O)N3CCC(CO)CC3)C2c2c[nH]c3cc(Cl)ccc23)cc1F. The quantitative estimate of drug-likeness (QED) is 0.229. The minimum Gasteiger partial charge on any atom is -0.396 e. The highest BCUT2D eigenvalue weighted by Crippen LogP contribution is 2.55. The number of H-pyrrole nitrogens is 1. The Bertz CT molecular complexity index is 1640. The van der Waals surface area contributed by atoms with Gasteiger partial charge in [0.15, 0.2) is 0 Å². The fraction of sp³-hybridized carbons (Fsp3) is 0.353. The number of aliphatic hydroxyl groups is 1. The van der Waals surface area contributed by atoms with Crippen LogP contribution in [0.4, 0.5) is 4.39 Å². The molecule has 4 aromatic rings. The molecule has 0 radical (unpaired) electrons. The molecule has 43 heavy (non-hydrogen) atoms. The molecule has 2 aliphatic rings. The smallest absolute Gasteiger partial charge is 0.242 e. The molecular weight excluding hydrogens is 585 g/mol. The van der Waals surface area contributed by atoms with E-state index in [0.717, 1.165) is 21.4 Å². The van der Waals surface area contributed by atoms with Gasteiger partial charge in [0, 0.05) is 58.8 Å². The van der Waals surface area contributed by atoms with Gasteiger partial charge >= 0.3 is 0 Å². The number of hydrogen-bond acceptors (Lipinski definition) is 4. The normalized spacial score (nSPS) is 21.2. The highest BCUT2D eigenvalue weighted by molar-refractivity contribution is 8.01. The van der Waals surface area contributed by atoms with Crippen LogP contribution in [0.15, 0.2) is 77.8 Å². The topological polar surface area (TPSA) is 76.6 Å². The lowest BCUT2D eigenvalue weighted by molar-refractivity contribution is -0.136. The summed E-state index contributed by atoms with van der Waals surface area (Å²) in [5.41, 5.74) is 2.94. The molecule has 6 nitrogen and oxygen atoms in total. The predicted molar refractivity (Wildman–Crippen MR) is 168 cm³/mol. The number of aromatic amines is 1. The number of rotatable bonds is 8. The number of amides is 2. The van der Waals surface area contributed by atoms with Crippen molar-refractivity contribution in [2.45, 2.75) is 54.8 Å². The number of benzene rings is 3. The van der Waals surface area contributed by atoms with Gasteiger partial charge in [-0.25, -0.2) is 4.39 Å². The maximum absolute atomic E-state index is 14.9. The molecule has 2 aliphatic heterocycles. The summed E-state index contributed by atoms with van der Waals surface area (Å²) >= 11 is 7.76. The minimum absolute atomic E-state index is 0.00573. The van der Waals surface area contributed by atoms with Crippen molar-refractivity contribution in [3.05, 3.63) is 100 Å². The molecule has 2 saturated heterocycles. The summed E-state index contributed by atoms with van der Waals surface area (Å²) in [4.78, 5) is 36.9. The molecule has 2 atom stereocenters. The van der Waals surface area contributed by atoms with Crippen molar-refractivity contribution in [2.75, 3.05) is 19.7 Å². The van der Waals surface area contributed by atoms with Crippen LogP contribution in [-0.4, -0.2) is 56.1 Å². The van der Waals surface area contributed by atoms with Crippen LogP contribution in [0, 0.1) is 11.7 Å². The zero-order valence-electron chi connectivity index (χ0n) is 24.1. The number of fused-ring (bicyclic) bond motifs is 1. The Morgan fingerprint density at radius 1 is 1.12 bits per heavy atom. The van der Waals surface area contributed by atoms with Gasteiger partial charge in [-0.2, -0.15) is 0 Å². The molecule has 0 bridgehead atoms. The van der Waals surface area contributed by atoms with Crippen molar-refractivity contribution < 1.29 is 19.1 Å². The summed E-state index contributed by atoms with van der Waals surface area (Å²) in [6, 6.07) is 19.8. The number of carbonyl (C=O) groups is 2.